The van der Waals surface area contributed by atoms with Crippen molar-refractivity contribution in [3.8, 4) is 0 Å². The lowest BCUT2D eigenvalue weighted by atomic mass is 10.1. The third-order valence-corrected chi connectivity index (χ3v) is 4.38. The zero-order valence-corrected chi connectivity index (χ0v) is 11.1. The number of amides is 1. The van der Waals surface area contributed by atoms with E-state index >= 15 is 0 Å². The Balaban J connectivity index is 2.00. The average Bonchev–Trinajstić information content (AvgIpc) is 2.66. The molecule has 1 amide bonds. The maximum absolute atomic E-state index is 11.5. The van der Waals surface area contributed by atoms with Crippen LogP contribution >= 0.6 is 23.4 Å². The first-order valence-corrected chi connectivity index (χ1v) is 7.22. The van der Waals surface area contributed by atoms with Gasteiger partial charge >= 0.3 is 0 Å². The number of fused-ring (bicyclic) bond motifs is 1. The number of halogens is 1. The summed E-state index contributed by atoms with van der Waals surface area (Å²) in [6, 6.07) is 3.39. The van der Waals surface area contributed by atoms with Crippen LogP contribution in [-0.4, -0.2) is 36.3 Å². The van der Waals surface area contributed by atoms with Gasteiger partial charge in [0.05, 0.1) is 22.0 Å². The van der Waals surface area contributed by atoms with Gasteiger partial charge in [-0.05, 0) is 12.1 Å². The number of carbonyl (C=O) groups is 2. The van der Waals surface area contributed by atoms with Gasteiger partial charge in [0.2, 0.25) is 0 Å². The topological polar surface area (TPSA) is 49.4 Å². The summed E-state index contributed by atoms with van der Waals surface area (Å²) in [7, 11) is 0. The summed E-state index contributed by atoms with van der Waals surface area (Å²) >= 11 is 8.13. The molecule has 2 aliphatic heterocycles. The molecule has 2 aliphatic rings. The van der Waals surface area contributed by atoms with Gasteiger partial charge in [-0.3, -0.25) is 9.59 Å². The minimum Gasteiger partial charge on any atom is -0.369 e. The lowest BCUT2D eigenvalue weighted by Crippen LogP contribution is -2.32. The van der Waals surface area contributed by atoms with Crippen molar-refractivity contribution in [2.75, 3.05) is 34.8 Å². The maximum Gasteiger partial charge on any atom is 0.296 e. The molecule has 0 unspecified atom stereocenters. The van der Waals surface area contributed by atoms with E-state index in [9.17, 15) is 9.59 Å². The SMILES string of the molecule is O=C1Nc2cc(N3CCSCC3)c(Cl)cc2C1=O. The van der Waals surface area contributed by atoms with Crippen molar-refractivity contribution in [3.05, 3.63) is 22.7 Å². The zero-order valence-electron chi connectivity index (χ0n) is 9.53. The number of hydrogen-bond donors (Lipinski definition) is 1. The Morgan fingerprint density at radius 1 is 1.22 bits per heavy atom. The molecule has 0 spiro atoms. The molecule has 0 radical (unpaired) electrons. The third-order valence-electron chi connectivity index (χ3n) is 3.14. The van der Waals surface area contributed by atoms with Crippen LogP contribution in [0.1, 0.15) is 10.4 Å². The smallest absolute Gasteiger partial charge is 0.296 e. The van der Waals surface area contributed by atoms with E-state index in [1.54, 1.807) is 12.1 Å². The maximum atomic E-state index is 11.5. The van der Waals surface area contributed by atoms with Crippen molar-refractivity contribution in [2.45, 2.75) is 0 Å². The number of nitrogens with one attached hydrogen (secondary N) is 1. The van der Waals surface area contributed by atoms with Crippen LogP contribution in [0.4, 0.5) is 11.4 Å². The molecule has 1 N–H and O–H groups in total. The second-order valence-corrected chi connectivity index (χ2v) is 5.86. The Labute approximate surface area is 114 Å². The number of benzene rings is 1. The molecular weight excluding hydrogens is 272 g/mol. The second kappa shape index (κ2) is 4.48. The van der Waals surface area contributed by atoms with Gasteiger partial charge in [-0.2, -0.15) is 11.8 Å². The monoisotopic (exact) mass is 282 g/mol. The largest absolute Gasteiger partial charge is 0.369 e. The molecule has 0 atom stereocenters. The van der Waals surface area contributed by atoms with Crippen molar-refractivity contribution >= 4 is 46.4 Å². The molecule has 1 fully saturated rings. The highest BCUT2D eigenvalue weighted by Gasteiger charge is 2.30. The Hall–Kier alpha value is -1.20. The molecule has 0 bridgehead atoms. The van der Waals surface area contributed by atoms with Crippen LogP contribution in [0.5, 0.6) is 0 Å². The summed E-state index contributed by atoms with van der Waals surface area (Å²) in [5.41, 5.74) is 1.84. The van der Waals surface area contributed by atoms with Crippen molar-refractivity contribution in [2.24, 2.45) is 0 Å². The molecule has 1 aromatic carbocycles. The molecular formula is C12H11ClN2O2S. The van der Waals surface area contributed by atoms with Crippen molar-refractivity contribution < 1.29 is 9.59 Å². The lowest BCUT2D eigenvalue weighted by Gasteiger charge is -2.29. The van der Waals surface area contributed by atoms with Crippen LogP contribution in [-0.2, 0) is 4.79 Å². The van der Waals surface area contributed by atoms with E-state index in [2.05, 4.69) is 10.2 Å². The van der Waals surface area contributed by atoms with E-state index in [4.69, 9.17) is 11.6 Å². The minimum absolute atomic E-state index is 0.375. The van der Waals surface area contributed by atoms with Crippen molar-refractivity contribution in [3.63, 3.8) is 0 Å². The second-order valence-electron chi connectivity index (χ2n) is 4.23. The number of Topliss-reactive ketones (excluding diaryl/α,β-unsaturated/α-hetero) is 1. The van der Waals surface area contributed by atoms with Gasteiger partial charge in [0.25, 0.3) is 11.7 Å². The molecule has 0 aromatic heterocycles. The number of rotatable bonds is 1. The van der Waals surface area contributed by atoms with Gasteiger partial charge in [-0.1, -0.05) is 11.6 Å². The fraction of sp³-hybridized carbons (Fsp3) is 0.333. The first-order valence-electron chi connectivity index (χ1n) is 5.69. The predicted octanol–water partition coefficient (Wildman–Crippen LogP) is 2.03. The average molecular weight is 283 g/mol. The fourth-order valence-corrected chi connectivity index (χ4v) is 3.39. The van der Waals surface area contributed by atoms with Crippen molar-refractivity contribution in [1.82, 2.24) is 0 Å². The van der Waals surface area contributed by atoms with E-state index in [-0.39, 0.29) is 0 Å². The van der Waals surface area contributed by atoms with E-state index in [0.29, 0.717) is 16.3 Å². The van der Waals surface area contributed by atoms with E-state index < -0.39 is 11.7 Å². The Kier molecular flexibility index (Phi) is 2.95. The summed E-state index contributed by atoms with van der Waals surface area (Å²) in [5, 5.41) is 3.11. The van der Waals surface area contributed by atoms with E-state index in [1.807, 2.05) is 11.8 Å². The van der Waals surface area contributed by atoms with Crippen LogP contribution in [0.15, 0.2) is 12.1 Å². The number of hydrogen-bond acceptors (Lipinski definition) is 4. The van der Waals surface area contributed by atoms with Crippen molar-refractivity contribution in [1.29, 1.82) is 0 Å². The molecule has 6 heteroatoms. The summed E-state index contributed by atoms with van der Waals surface area (Å²) in [6.07, 6.45) is 0. The predicted molar refractivity (Wildman–Crippen MR) is 74.0 cm³/mol. The summed E-state index contributed by atoms with van der Waals surface area (Å²) in [6.45, 7) is 1.87. The van der Waals surface area contributed by atoms with Crippen LogP contribution in [0.3, 0.4) is 0 Å². The molecule has 2 heterocycles. The Morgan fingerprint density at radius 2 is 1.94 bits per heavy atom. The van der Waals surface area contributed by atoms with Gasteiger partial charge in [0.15, 0.2) is 0 Å². The quantitative estimate of drug-likeness (QED) is 0.801. The third kappa shape index (κ3) is 1.87. The molecule has 1 saturated heterocycles. The summed E-state index contributed by atoms with van der Waals surface area (Å²) in [5.74, 6) is 1.05. The van der Waals surface area contributed by atoms with Crippen LogP contribution in [0, 0.1) is 0 Å². The van der Waals surface area contributed by atoms with Gasteiger partial charge in [0.1, 0.15) is 0 Å². The highest BCUT2D eigenvalue weighted by Crippen LogP contribution is 2.35. The standard InChI is InChI=1S/C12H11ClN2O2S/c13-8-5-7-9(14-12(17)11(7)16)6-10(8)15-1-3-18-4-2-15/h5-6H,1-4H2,(H,14,16,17). The molecule has 0 aliphatic carbocycles. The van der Waals surface area contributed by atoms with Gasteiger partial charge in [-0.15, -0.1) is 0 Å². The summed E-state index contributed by atoms with van der Waals surface area (Å²) < 4.78 is 0. The highest BCUT2D eigenvalue weighted by atomic mass is 35.5. The van der Waals surface area contributed by atoms with Crippen LogP contribution < -0.4 is 10.2 Å². The molecule has 0 saturated carbocycles. The number of ketones is 1. The first-order chi connectivity index (χ1) is 8.66. The van der Waals surface area contributed by atoms with Gasteiger partial charge in [0, 0.05) is 24.6 Å². The molecule has 1 aromatic rings. The van der Waals surface area contributed by atoms with Crippen LogP contribution in [0.2, 0.25) is 5.02 Å². The highest BCUT2D eigenvalue weighted by molar-refractivity contribution is 7.99. The summed E-state index contributed by atoms with van der Waals surface area (Å²) in [4.78, 5) is 25.0. The minimum atomic E-state index is -0.576. The number of carbonyl (C=O) groups excluding carboxylic acids is 2. The van der Waals surface area contributed by atoms with Gasteiger partial charge in [-0.25, -0.2) is 0 Å². The Morgan fingerprint density at radius 3 is 2.67 bits per heavy atom. The fourth-order valence-electron chi connectivity index (χ4n) is 2.20. The zero-order chi connectivity index (χ0) is 12.7. The number of anilines is 2. The molecule has 3 rings (SSSR count). The van der Waals surface area contributed by atoms with Gasteiger partial charge < -0.3 is 10.2 Å². The lowest BCUT2D eigenvalue weighted by molar-refractivity contribution is -0.112. The Bertz CT molecular complexity index is 541. The molecule has 4 nitrogen and oxygen atoms in total. The molecule has 18 heavy (non-hydrogen) atoms. The van der Waals surface area contributed by atoms with E-state index in [1.165, 1.54) is 0 Å². The first kappa shape index (κ1) is 11.9. The number of nitrogens with zero attached hydrogens (tertiary/aromatic N) is 1. The van der Waals surface area contributed by atoms with Crippen LogP contribution in [0.25, 0.3) is 0 Å². The normalized spacial score (nSPS) is 18.8. The number of thioether (sulfide) groups is 1. The molecule has 94 valence electrons. The van der Waals surface area contributed by atoms with E-state index in [0.717, 1.165) is 30.3 Å².